The molecule has 4 N–H and O–H groups in total. The Morgan fingerprint density at radius 1 is 1.75 bits per heavy atom. The van der Waals surface area contributed by atoms with Gasteiger partial charge in [-0.1, -0.05) is 0 Å². The fraction of sp³-hybridized carbons (Fsp3) is 0.625. The van der Waals surface area contributed by atoms with Crippen LogP contribution < -0.4 is 11.4 Å². The topological polar surface area (TPSA) is 123 Å². The highest BCUT2D eigenvalue weighted by atomic mass is 16.5. The molecule has 0 bridgehead atoms. The largest absolute Gasteiger partial charge is 0.393 e. The van der Waals surface area contributed by atoms with Crippen LogP contribution in [0.5, 0.6) is 0 Å². The van der Waals surface area contributed by atoms with E-state index in [0.29, 0.717) is 0 Å². The molecule has 16 heavy (non-hydrogen) atoms. The van der Waals surface area contributed by atoms with Gasteiger partial charge in [-0.15, -0.1) is 0 Å². The van der Waals surface area contributed by atoms with E-state index in [4.69, 9.17) is 15.6 Å². The zero-order valence-corrected chi connectivity index (χ0v) is 8.41. The zero-order valence-electron chi connectivity index (χ0n) is 8.41. The van der Waals surface area contributed by atoms with E-state index in [2.05, 4.69) is 9.97 Å². The number of aromatic nitrogens is 3. The standard InChI is InChI=1S/C8H12N4O4/c9-6-10-4-12(7(14)11-6)8(15)1-2-16-5(8)3-13/h4-5,13,15H,1-3H2,(H2,9,11,14)/t5-,8+/m1/s1. The summed E-state index contributed by atoms with van der Waals surface area (Å²) in [5.74, 6) is -0.163. The third-order valence-electron chi connectivity index (χ3n) is 2.61. The Hall–Kier alpha value is -1.51. The molecule has 1 aromatic heterocycles. The molecule has 88 valence electrons. The van der Waals surface area contributed by atoms with Gasteiger partial charge >= 0.3 is 5.69 Å². The highest BCUT2D eigenvalue weighted by molar-refractivity contribution is 5.10. The van der Waals surface area contributed by atoms with E-state index in [1.807, 2.05) is 0 Å². The summed E-state index contributed by atoms with van der Waals surface area (Å²) >= 11 is 0. The van der Waals surface area contributed by atoms with Crippen molar-refractivity contribution in [3.63, 3.8) is 0 Å². The maximum absolute atomic E-state index is 11.5. The Balaban J connectivity index is 2.46. The predicted molar refractivity (Wildman–Crippen MR) is 52.3 cm³/mol. The highest BCUT2D eigenvalue weighted by Gasteiger charge is 2.44. The minimum absolute atomic E-state index is 0.163. The lowest BCUT2D eigenvalue weighted by Crippen LogP contribution is -2.49. The fourth-order valence-corrected chi connectivity index (χ4v) is 1.73. The second-order valence-electron chi connectivity index (χ2n) is 3.54. The lowest BCUT2D eigenvalue weighted by atomic mass is 10.1. The number of aliphatic hydroxyl groups is 2. The summed E-state index contributed by atoms with van der Waals surface area (Å²) < 4.78 is 6.04. The molecule has 0 radical (unpaired) electrons. The van der Waals surface area contributed by atoms with Crippen molar-refractivity contribution in [1.82, 2.24) is 14.5 Å². The number of nitrogens with zero attached hydrogens (tertiary/aromatic N) is 3. The van der Waals surface area contributed by atoms with E-state index in [1.165, 1.54) is 0 Å². The normalized spacial score (nSPS) is 29.5. The second kappa shape index (κ2) is 3.81. The molecule has 1 fully saturated rings. The number of hydrogen-bond donors (Lipinski definition) is 3. The van der Waals surface area contributed by atoms with E-state index in [-0.39, 0.29) is 19.0 Å². The maximum Gasteiger partial charge on any atom is 0.354 e. The van der Waals surface area contributed by atoms with Crippen LogP contribution in [-0.4, -0.2) is 44.1 Å². The first-order valence-electron chi connectivity index (χ1n) is 4.74. The van der Waals surface area contributed by atoms with Crippen LogP contribution in [0.3, 0.4) is 0 Å². The van der Waals surface area contributed by atoms with Gasteiger partial charge in [-0.25, -0.2) is 9.78 Å². The Morgan fingerprint density at radius 3 is 3.12 bits per heavy atom. The van der Waals surface area contributed by atoms with E-state index >= 15 is 0 Å². The van der Waals surface area contributed by atoms with E-state index in [0.717, 1.165) is 10.9 Å². The van der Waals surface area contributed by atoms with E-state index in [9.17, 15) is 9.90 Å². The summed E-state index contributed by atoms with van der Waals surface area (Å²) in [6.07, 6.45) is 0.422. The van der Waals surface area contributed by atoms with Gasteiger partial charge in [0.1, 0.15) is 12.4 Å². The molecule has 0 amide bonds. The molecule has 8 nitrogen and oxygen atoms in total. The molecule has 2 atom stereocenters. The van der Waals surface area contributed by atoms with Gasteiger partial charge < -0.3 is 20.7 Å². The first kappa shape index (κ1) is 11.0. The first-order chi connectivity index (χ1) is 7.58. The third kappa shape index (κ3) is 1.56. The van der Waals surface area contributed by atoms with Gasteiger partial charge in [0, 0.05) is 6.42 Å². The van der Waals surface area contributed by atoms with Crippen molar-refractivity contribution in [3.05, 3.63) is 16.8 Å². The monoisotopic (exact) mass is 228 g/mol. The lowest BCUT2D eigenvalue weighted by molar-refractivity contribution is -0.116. The number of rotatable bonds is 2. The fourth-order valence-electron chi connectivity index (χ4n) is 1.73. The molecule has 0 unspecified atom stereocenters. The van der Waals surface area contributed by atoms with Gasteiger partial charge in [-0.05, 0) is 0 Å². The summed E-state index contributed by atoms with van der Waals surface area (Å²) in [5, 5.41) is 19.3. The lowest BCUT2D eigenvalue weighted by Gasteiger charge is -2.28. The van der Waals surface area contributed by atoms with Crippen molar-refractivity contribution in [1.29, 1.82) is 0 Å². The van der Waals surface area contributed by atoms with Crippen molar-refractivity contribution in [3.8, 4) is 0 Å². The van der Waals surface area contributed by atoms with Crippen molar-refractivity contribution in [2.45, 2.75) is 18.2 Å². The summed E-state index contributed by atoms with van der Waals surface area (Å²) in [4.78, 5) is 18.6. The summed E-state index contributed by atoms with van der Waals surface area (Å²) in [5.41, 5.74) is 2.90. The van der Waals surface area contributed by atoms with Gasteiger partial charge in [0.2, 0.25) is 5.95 Å². The van der Waals surface area contributed by atoms with Crippen LogP contribution in [0.2, 0.25) is 0 Å². The molecule has 1 aromatic rings. The van der Waals surface area contributed by atoms with Gasteiger partial charge in [0.05, 0.1) is 13.2 Å². The summed E-state index contributed by atoms with van der Waals surface area (Å²) in [6.45, 7) is -0.147. The number of aliphatic hydroxyl groups excluding tert-OH is 1. The van der Waals surface area contributed by atoms with E-state index < -0.39 is 24.1 Å². The van der Waals surface area contributed by atoms with Gasteiger partial charge in [0.25, 0.3) is 0 Å². The molecule has 0 spiro atoms. The smallest absolute Gasteiger partial charge is 0.354 e. The van der Waals surface area contributed by atoms with Crippen molar-refractivity contribution < 1.29 is 14.9 Å². The molecule has 0 aliphatic carbocycles. The molecule has 8 heteroatoms. The average molecular weight is 228 g/mol. The maximum atomic E-state index is 11.5. The van der Waals surface area contributed by atoms with Crippen molar-refractivity contribution in [2.24, 2.45) is 0 Å². The van der Waals surface area contributed by atoms with E-state index in [1.54, 1.807) is 0 Å². The Kier molecular flexibility index (Phi) is 2.62. The molecule has 2 rings (SSSR count). The Morgan fingerprint density at radius 2 is 2.50 bits per heavy atom. The molecule has 1 saturated heterocycles. The number of hydrogen-bond acceptors (Lipinski definition) is 7. The van der Waals surface area contributed by atoms with Crippen molar-refractivity contribution in [2.75, 3.05) is 18.9 Å². The second-order valence-corrected chi connectivity index (χ2v) is 3.54. The minimum atomic E-state index is -1.61. The highest BCUT2D eigenvalue weighted by Crippen LogP contribution is 2.28. The van der Waals surface area contributed by atoms with Crippen LogP contribution in [0.1, 0.15) is 6.42 Å². The molecule has 1 aliphatic heterocycles. The summed E-state index contributed by atoms with van der Waals surface area (Å²) in [7, 11) is 0. The number of nitrogens with two attached hydrogens (primary N) is 1. The first-order valence-corrected chi connectivity index (χ1v) is 4.74. The van der Waals surface area contributed by atoms with Crippen LogP contribution in [0, 0.1) is 0 Å². The molecule has 0 saturated carbocycles. The Labute approximate surface area is 90.3 Å². The summed E-state index contributed by atoms with van der Waals surface area (Å²) in [6, 6.07) is 0. The number of anilines is 1. The zero-order chi connectivity index (χ0) is 11.8. The van der Waals surface area contributed by atoms with Crippen LogP contribution in [0.15, 0.2) is 11.1 Å². The molecule has 2 heterocycles. The van der Waals surface area contributed by atoms with Gasteiger partial charge in [-0.3, -0.25) is 4.57 Å². The van der Waals surface area contributed by atoms with Gasteiger partial charge in [0.15, 0.2) is 5.72 Å². The molecule has 0 aromatic carbocycles. The van der Waals surface area contributed by atoms with Crippen LogP contribution in [0.4, 0.5) is 5.95 Å². The van der Waals surface area contributed by atoms with Crippen LogP contribution >= 0.6 is 0 Å². The number of ether oxygens (including phenoxy) is 1. The minimum Gasteiger partial charge on any atom is -0.393 e. The average Bonchev–Trinajstić information content (AvgIpc) is 2.60. The third-order valence-corrected chi connectivity index (χ3v) is 2.61. The molecular weight excluding hydrogens is 216 g/mol. The SMILES string of the molecule is Nc1ncn([C@]2(O)CCO[C@@H]2CO)c(=O)n1. The van der Waals surface area contributed by atoms with Crippen molar-refractivity contribution >= 4 is 5.95 Å². The Bertz CT molecular complexity index is 448. The van der Waals surface area contributed by atoms with Gasteiger partial charge in [-0.2, -0.15) is 4.98 Å². The van der Waals surface area contributed by atoms with Crippen LogP contribution in [0.25, 0.3) is 0 Å². The molecule has 1 aliphatic rings. The predicted octanol–water partition coefficient (Wildman–Crippen LogP) is -2.35. The van der Waals surface area contributed by atoms with Crippen LogP contribution in [-0.2, 0) is 10.5 Å². The quantitative estimate of drug-likeness (QED) is 0.517. The molecular formula is C8H12N4O4. The number of nitrogen functional groups attached to an aromatic ring is 1.